The molecule has 1 atom stereocenters. The number of ether oxygens (including phenoxy) is 1. The molecule has 2 aromatic rings. The Bertz CT molecular complexity index is 1090. The van der Waals surface area contributed by atoms with Crippen LogP contribution in [0.4, 0.5) is 10.1 Å². The third-order valence-electron chi connectivity index (χ3n) is 5.04. The van der Waals surface area contributed by atoms with Crippen LogP contribution in [-0.2, 0) is 26.3 Å². The number of hydrogen-bond acceptors (Lipinski definition) is 5. The van der Waals surface area contributed by atoms with E-state index in [1.54, 1.807) is 24.3 Å². The van der Waals surface area contributed by atoms with Crippen LogP contribution in [0.25, 0.3) is 0 Å². The Kier molecular flexibility index (Phi) is 8.77. The first-order valence-electron chi connectivity index (χ1n) is 10.1. The fourth-order valence-corrected chi connectivity index (χ4v) is 4.18. The predicted octanol–water partition coefficient (Wildman–Crippen LogP) is 1.61. The molecular weight excluding hydrogens is 451 g/mol. The first-order chi connectivity index (χ1) is 15.5. The Morgan fingerprint density at radius 3 is 2.36 bits per heavy atom. The lowest BCUT2D eigenvalue weighted by molar-refractivity contribution is -0.139. The van der Waals surface area contributed by atoms with E-state index in [1.807, 2.05) is 0 Å². The maximum atomic E-state index is 14.5. The summed E-state index contributed by atoms with van der Waals surface area (Å²) in [6, 6.07) is 11.3. The van der Waals surface area contributed by atoms with Gasteiger partial charge in [0.2, 0.25) is 11.8 Å². The molecular formula is C22H29FN4O5S. The van der Waals surface area contributed by atoms with Gasteiger partial charge in [-0.3, -0.25) is 9.59 Å². The van der Waals surface area contributed by atoms with E-state index in [0.29, 0.717) is 15.6 Å². The number of halogens is 1. The normalized spacial score (nSPS) is 12.2. The van der Waals surface area contributed by atoms with Gasteiger partial charge in [0.1, 0.15) is 24.2 Å². The molecule has 0 aromatic heterocycles. The SMILES string of the molecule is CNC(=O)C(C)N(Cc1cccc(OC)c1)C(=O)CN(c1ccccc1F)S(=O)(=O)N(C)C. The Hall–Kier alpha value is -3.18. The Morgan fingerprint density at radius 2 is 1.79 bits per heavy atom. The lowest BCUT2D eigenvalue weighted by atomic mass is 10.1. The molecule has 9 nitrogen and oxygen atoms in total. The molecule has 2 amide bonds. The van der Waals surface area contributed by atoms with Gasteiger partial charge in [-0.1, -0.05) is 24.3 Å². The van der Waals surface area contributed by atoms with E-state index >= 15 is 0 Å². The lowest BCUT2D eigenvalue weighted by Crippen LogP contribution is -2.52. The Morgan fingerprint density at radius 1 is 1.12 bits per heavy atom. The van der Waals surface area contributed by atoms with E-state index in [9.17, 15) is 22.4 Å². The van der Waals surface area contributed by atoms with Gasteiger partial charge in [-0.15, -0.1) is 0 Å². The molecule has 2 aromatic carbocycles. The monoisotopic (exact) mass is 480 g/mol. The van der Waals surface area contributed by atoms with Gasteiger partial charge in [-0.05, 0) is 36.8 Å². The number of hydrogen-bond donors (Lipinski definition) is 1. The molecule has 33 heavy (non-hydrogen) atoms. The van der Waals surface area contributed by atoms with Crippen molar-refractivity contribution >= 4 is 27.7 Å². The van der Waals surface area contributed by atoms with E-state index in [2.05, 4.69) is 5.32 Å². The van der Waals surface area contributed by atoms with Gasteiger partial charge in [0.25, 0.3) is 0 Å². The van der Waals surface area contributed by atoms with Crippen molar-refractivity contribution in [1.82, 2.24) is 14.5 Å². The number of nitrogens with zero attached hydrogens (tertiary/aromatic N) is 3. The highest BCUT2D eigenvalue weighted by molar-refractivity contribution is 7.90. The van der Waals surface area contributed by atoms with E-state index in [0.717, 1.165) is 10.4 Å². The Labute approximate surface area is 193 Å². The average Bonchev–Trinajstić information content (AvgIpc) is 2.80. The zero-order valence-corrected chi connectivity index (χ0v) is 20.1. The van der Waals surface area contributed by atoms with Gasteiger partial charge in [0, 0.05) is 27.7 Å². The number of benzene rings is 2. The first kappa shape index (κ1) is 26.1. The van der Waals surface area contributed by atoms with Gasteiger partial charge in [0.15, 0.2) is 0 Å². The van der Waals surface area contributed by atoms with Crippen molar-refractivity contribution in [2.24, 2.45) is 0 Å². The highest BCUT2D eigenvalue weighted by atomic mass is 32.2. The summed E-state index contributed by atoms with van der Waals surface area (Å²) < 4.78 is 47.3. The van der Waals surface area contributed by atoms with Crippen LogP contribution in [0.2, 0.25) is 0 Å². The molecule has 1 unspecified atom stereocenters. The number of anilines is 1. The molecule has 0 saturated heterocycles. The molecule has 0 saturated carbocycles. The van der Waals surface area contributed by atoms with E-state index < -0.39 is 40.4 Å². The average molecular weight is 481 g/mol. The smallest absolute Gasteiger partial charge is 0.304 e. The van der Waals surface area contributed by atoms with E-state index in [4.69, 9.17) is 4.74 Å². The minimum atomic E-state index is -4.22. The first-order valence-corrected chi connectivity index (χ1v) is 11.5. The zero-order chi connectivity index (χ0) is 24.8. The number of nitrogens with one attached hydrogen (secondary N) is 1. The maximum absolute atomic E-state index is 14.5. The van der Waals surface area contributed by atoms with Gasteiger partial charge >= 0.3 is 10.2 Å². The van der Waals surface area contributed by atoms with Crippen LogP contribution in [0.5, 0.6) is 5.75 Å². The van der Waals surface area contributed by atoms with Crippen molar-refractivity contribution in [1.29, 1.82) is 0 Å². The highest BCUT2D eigenvalue weighted by Crippen LogP contribution is 2.24. The van der Waals surface area contributed by atoms with Crippen LogP contribution >= 0.6 is 0 Å². The molecule has 0 spiro atoms. The second-order valence-corrected chi connectivity index (χ2v) is 9.48. The standard InChI is InChI=1S/C22H29FN4O5S/c1-16(22(29)24-2)26(14-17-9-8-10-18(13-17)32-5)21(28)15-27(33(30,31)25(3)4)20-12-7-6-11-19(20)23/h6-13,16H,14-15H2,1-5H3,(H,24,29). The molecule has 0 bridgehead atoms. The lowest BCUT2D eigenvalue weighted by Gasteiger charge is -2.32. The predicted molar refractivity (Wildman–Crippen MR) is 123 cm³/mol. The van der Waals surface area contributed by atoms with Crippen molar-refractivity contribution < 1.29 is 27.1 Å². The summed E-state index contributed by atoms with van der Waals surface area (Å²) in [6.07, 6.45) is 0. The summed E-state index contributed by atoms with van der Waals surface area (Å²) in [4.78, 5) is 27.0. The second kappa shape index (κ2) is 11.1. The number of para-hydroxylation sites is 1. The highest BCUT2D eigenvalue weighted by Gasteiger charge is 2.33. The molecule has 180 valence electrons. The summed E-state index contributed by atoms with van der Waals surface area (Å²) in [5.74, 6) is -1.34. The molecule has 0 radical (unpaired) electrons. The van der Waals surface area contributed by atoms with Crippen LogP contribution in [0.15, 0.2) is 48.5 Å². The summed E-state index contributed by atoms with van der Waals surface area (Å²) >= 11 is 0. The van der Waals surface area contributed by atoms with Crippen molar-refractivity contribution in [2.75, 3.05) is 39.1 Å². The molecule has 2 rings (SSSR count). The third-order valence-corrected chi connectivity index (χ3v) is 6.85. The number of likely N-dealkylation sites (N-methyl/N-ethyl adjacent to an activating group) is 1. The van der Waals surface area contributed by atoms with Gasteiger partial charge < -0.3 is 15.0 Å². The summed E-state index contributed by atoms with van der Waals surface area (Å²) in [5, 5.41) is 2.49. The molecule has 0 aliphatic carbocycles. The van der Waals surface area contributed by atoms with Crippen molar-refractivity contribution in [3.63, 3.8) is 0 Å². The van der Waals surface area contributed by atoms with E-state index in [1.165, 1.54) is 58.3 Å². The minimum Gasteiger partial charge on any atom is -0.497 e. The number of amides is 2. The molecule has 11 heteroatoms. The summed E-state index contributed by atoms with van der Waals surface area (Å²) in [5.41, 5.74) is 0.403. The van der Waals surface area contributed by atoms with Crippen molar-refractivity contribution in [3.05, 3.63) is 59.9 Å². The molecule has 1 N–H and O–H groups in total. The fraction of sp³-hybridized carbons (Fsp3) is 0.364. The number of rotatable bonds is 10. The van der Waals surface area contributed by atoms with Crippen LogP contribution in [0.3, 0.4) is 0 Å². The molecule has 0 heterocycles. The fourth-order valence-electron chi connectivity index (χ4n) is 3.11. The minimum absolute atomic E-state index is 0.0117. The van der Waals surface area contributed by atoms with Crippen molar-refractivity contribution in [3.8, 4) is 5.75 Å². The van der Waals surface area contributed by atoms with Crippen molar-refractivity contribution in [2.45, 2.75) is 19.5 Å². The van der Waals surface area contributed by atoms with Gasteiger partial charge in [-0.25, -0.2) is 8.70 Å². The molecule has 0 aliphatic heterocycles. The van der Waals surface area contributed by atoms with Gasteiger partial charge in [0.05, 0.1) is 12.8 Å². The number of methoxy groups -OCH3 is 1. The van der Waals surface area contributed by atoms with E-state index in [-0.39, 0.29) is 12.2 Å². The van der Waals surface area contributed by atoms with Crippen LogP contribution < -0.4 is 14.4 Å². The summed E-state index contributed by atoms with van der Waals surface area (Å²) in [6.45, 7) is 0.843. The number of carbonyl (C=O) groups excluding carboxylic acids is 2. The molecule has 0 fully saturated rings. The maximum Gasteiger partial charge on any atom is 0.304 e. The largest absolute Gasteiger partial charge is 0.497 e. The quantitative estimate of drug-likeness (QED) is 0.557. The van der Waals surface area contributed by atoms with Crippen LogP contribution in [0, 0.1) is 5.82 Å². The van der Waals surface area contributed by atoms with Crippen LogP contribution in [-0.4, -0.2) is 70.3 Å². The third kappa shape index (κ3) is 6.20. The second-order valence-electron chi connectivity index (χ2n) is 7.41. The Balaban J connectivity index is 2.47. The summed E-state index contributed by atoms with van der Waals surface area (Å²) in [7, 11) is 1.30. The van der Waals surface area contributed by atoms with Gasteiger partial charge in [-0.2, -0.15) is 12.7 Å². The van der Waals surface area contributed by atoms with Crippen LogP contribution in [0.1, 0.15) is 12.5 Å². The number of carbonyl (C=O) groups is 2. The zero-order valence-electron chi connectivity index (χ0n) is 19.3. The topological polar surface area (TPSA) is 99.3 Å². The molecule has 0 aliphatic rings.